The maximum Gasteiger partial charge on any atom is 0.354 e. The van der Waals surface area contributed by atoms with Gasteiger partial charge in [-0.15, -0.1) is 0 Å². The van der Waals surface area contributed by atoms with Crippen molar-refractivity contribution in [2.75, 3.05) is 12.4 Å². The standard InChI is InChI=1S/C25H28ClN5O5/c1-15-11-19(12-27-21(15)36-20-5-4-6-20)28-23-29-24(33)31(13-16(2)22(32)35-3)25(34)30(23)14-17-7-9-18(26)10-8-17/h7-12,16,20H,4-6,13-14H2,1-3H3,(H,28,29,33)/t16-/m0/s1. The van der Waals surface area contributed by atoms with Gasteiger partial charge >= 0.3 is 17.3 Å². The molecule has 2 heterocycles. The summed E-state index contributed by atoms with van der Waals surface area (Å²) in [6, 6.07) is 8.81. The normalized spacial score (nSPS) is 14.1. The second kappa shape index (κ2) is 10.9. The number of nitrogens with zero attached hydrogens (tertiary/aromatic N) is 4. The number of benzene rings is 1. The zero-order valence-corrected chi connectivity index (χ0v) is 21.1. The molecule has 1 aromatic carbocycles. The van der Waals surface area contributed by atoms with Crippen LogP contribution in [0.2, 0.25) is 5.02 Å². The molecule has 0 amide bonds. The number of ether oxygens (including phenoxy) is 2. The SMILES string of the molecule is COC(=O)[C@@H](C)Cn1c(=O)nc(Nc2cnc(OC3CCC3)c(C)c2)n(Cc2ccc(Cl)cc2)c1=O. The lowest BCUT2D eigenvalue weighted by Gasteiger charge is -2.26. The van der Waals surface area contributed by atoms with Gasteiger partial charge < -0.3 is 14.8 Å². The fourth-order valence-electron chi connectivity index (χ4n) is 3.78. The summed E-state index contributed by atoms with van der Waals surface area (Å²) in [5.74, 6) is -0.627. The third-order valence-corrected chi connectivity index (χ3v) is 6.33. The Bertz CT molecular complexity index is 1360. The monoisotopic (exact) mass is 513 g/mol. The molecule has 1 aliphatic carbocycles. The molecule has 10 nitrogen and oxygen atoms in total. The average Bonchev–Trinajstić information content (AvgIpc) is 2.83. The van der Waals surface area contributed by atoms with E-state index in [1.807, 2.05) is 13.0 Å². The summed E-state index contributed by atoms with van der Waals surface area (Å²) in [7, 11) is 1.25. The largest absolute Gasteiger partial charge is 0.474 e. The van der Waals surface area contributed by atoms with E-state index in [4.69, 9.17) is 21.1 Å². The number of aryl methyl sites for hydroxylation is 1. The summed E-state index contributed by atoms with van der Waals surface area (Å²) in [6.07, 6.45) is 4.97. The molecular formula is C25H28ClN5O5. The quantitative estimate of drug-likeness (QED) is 0.433. The van der Waals surface area contributed by atoms with E-state index in [1.54, 1.807) is 37.4 Å². The Morgan fingerprint density at radius 2 is 1.94 bits per heavy atom. The highest BCUT2D eigenvalue weighted by Gasteiger charge is 2.22. The van der Waals surface area contributed by atoms with Crippen LogP contribution in [0.15, 0.2) is 46.1 Å². The molecule has 1 fully saturated rings. The maximum absolute atomic E-state index is 13.4. The van der Waals surface area contributed by atoms with E-state index in [0.29, 0.717) is 16.6 Å². The molecule has 4 rings (SSSR count). The van der Waals surface area contributed by atoms with Crippen LogP contribution in [-0.4, -0.2) is 38.3 Å². The third-order valence-electron chi connectivity index (χ3n) is 6.08. The molecule has 1 aliphatic rings. The Morgan fingerprint density at radius 3 is 2.56 bits per heavy atom. The van der Waals surface area contributed by atoms with Crippen LogP contribution in [-0.2, 0) is 22.6 Å². The van der Waals surface area contributed by atoms with Crippen molar-refractivity contribution in [1.29, 1.82) is 0 Å². The van der Waals surface area contributed by atoms with Gasteiger partial charge in [0.1, 0.15) is 6.10 Å². The van der Waals surface area contributed by atoms with Crippen molar-refractivity contribution in [3.8, 4) is 5.88 Å². The molecule has 1 N–H and O–H groups in total. The minimum atomic E-state index is -0.778. The van der Waals surface area contributed by atoms with Crippen molar-refractivity contribution in [1.82, 2.24) is 19.1 Å². The number of anilines is 2. The molecule has 190 valence electrons. The van der Waals surface area contributed by atoms with Crippen molar-refractivity contribution in [3.63, 3.8) is 0 Å². The molecule has 11 heteroatoms. The predicted octanol–water partition coefficient (Wildman–Crippen LogP) is 3.29. The molecule has 0 radical (unpaired) electrons. The first-order valence-electron chi connectivity index (χ1n) is 11.7. The highest BCUT2D eigenvalue weighted by Crippen LogP contribution is 2.27. The van der Waals surface area contributed by atoms with Gasteiger partial charge in [-0.3, -0.25) is 9.36 Å². The summed E-state index contributed by atoms with van der Waals surface area (Å²) >= 11 is 6.00. The Balaban J connectivity index is 1.69. The Labute approximate surface area is 212 Å². The van der Waals surface area contributed by atoms with Gasteiger partial charge in [-0.2, -0.15) is 4.98 Å². The Kier molecular flexibility index (Phi) is 7.73. The van der Waals surface area contributed by atoms with Crippen LogP contribution < -0.4 is 21.4 Å². The number of carbonyl (C=O) groups excluding carboxylic acids is 1. The first-order valence-corrected chi connectivity index (χ1v) is 12.1. The van der Waals surface area contributed by atoms with Crippen LogP contribution in [0.5, 0.6) is 5.88 Å². The van der Waals surface area contributed by atoms with Crippen LogP contribution in [0.1, 0.15) is 37.3 Å². The van der Waals surface area contributed by atoms with Crippen LogP contribution >= 0.6 is 11.6 Å². The Hall–Kier alpha value is -3.66. The van der Waals surface area contributed by atoms with E-state index < -0.39 is 23.3 Å². The average molecular weight is 514 g/mol. The van der Waals surface area contributed by atoms with Crippen molar-refractivity contribution >= 4 is 29.2 Å². The van der Waals surface area contributed by atoms with Crippen molar-refractivity contribution < 1.29 is 14.3 Å². The van der Waals surface area contributed by atoms with Gasteiger partial charge in [-0.1, -0.05) is 30.7 Å². The molecule has 36 heavy (non-hydrogen) atoms. The lowest BCUT2D eigenvalue weighted by molar-refractivity contribution is -0.145. The number of halogens is 1. The van der Waals surface area contributed by atoms with Crippen molar-refractivity contribution in [2.45, 2.75) is 52.3 Å². The molecule has 1 atom stereocenters. The molecule has 0 bridgehead atoms. The molecule has 0 saturated heterocycles. The lowest BCUT2D eigenvalue weighted by Crippen LogP contribution is -2.44. The van der Waals surface area contributed by atoms with Crippen LogP contribution in [0.3, 0.4) is 0 Å². The topological polar surface area (TPSA) is 117 Å². The summed E-state index contributed by atoms with van der Waals surface area (Å²) in [5.41, 5.74) is 0.748. The summed E-state index contributed by atoms with van der Waals surface area (Å²) in [4.78, 5) is 46.7. The van der Waals surface area contributed by atoms with E-state index in [2.05, 4.69) is 15.3 Å². The van der Waals surface area contributed by atoms with E-state index in [9.17, 15) is 14.4 Å². The number of pyridine rings is 1. The highest BCUT2D eigenvalue weighted by atomic mass is 35.5. The maximum atomic E-state index is 13.4. The van der Waals surface area contributed by atoms with Crippen LogP contribution in [0.25, 0.3) is 0 Å². The third kappa shape index (κ3) is 5.76. The predicted molar refractivity (Wildman–Crippen MR) is 135 cm³/mol. The molecule has 0 aliphatic heterocycles. The van der Waals surface area contributed by atoms with E-state index in [-0.39, 0.29) is 25.1 Å². The molecule has 1 saturated carbocycles. The van der Waals surface area contributed by atoms with Crippen LogP contribution in [0, 0.1) is 12.8 Å². The van der Waals surface area contributed by atoms with Gasteiger partial charge in [0.05, 0.1) is 31.5 Å². The number of hydrogen-bond donors (Lipinski definition) is 1. The number of esters is 1. The van der Waals surface area contributed by atoms with Crippen LogP contribution in [0.4, 0.5) is 11.6 Å². The zero-order valence-electron chi connectivity index (χ0n) is 20.4. The molecule has 0 spiro atoms. The molecule has 2 aromatic heterocycles. The minimum absolute atomic E-state index is 0.0517. The molecule has 0 unspecified atom stereocenters. The van der Waals surface area contributed by atoms with Gasteiger partial charge in [-0.05, 0) is 49.9 Å². The highest BCUT2D eigenvalue weighted by molar-refractivity contribution is 6.30. The summed E-state index contributed by atoms with van der Waals surface area (Å²) in [5, 5.41) is 3.61. The Morgan fingerprint density at radius 1 is 1.22 bits per heavy atom. The second-order valence-electron chi connectivity index (χ2n) is 8.89. The molecule has 3 aromatic rings. The number of carbonyl (C=O) groups is 1. The van der Waals surface area contributed by atoms with E-state index >= 15 is 0 Å². The molecular weight excluding hydrogens is 486 g/mol. The first kappa shape index (κ1) is 25.4. The first-order chi connectivity index (χ1) is 17.2. The van der Waals surface area contributed by atoms with Crippen molar-refractivity contribution in [2.24, 2.45) is 5.92 Å². The summed E-state index contributed by atoms with van der Waals surface area (Å²) < 4.78 is 12.9. The number of hydrogen-bond acceptors (Lipinski definition) is 8. The number of rotatable bonds is 9. The fraction of sp³-hybridized carbons (Fsp3) is 0.400. The van der Waals surface area contributed by atoms with E-state index in [0.717, 1.165) is 35.0 Å². The number of nitrogens with one attached hydrogen (secondary N) is 1. The zero-order chi connectivity index (χ0) is 25.8. The second-order valence-corrected chi connectivity index (χ2v) is 9.33. The van der Waals surface area contributed by atoms with E-state index in [1.165, 1.54) is 11.7 Å². The van der Waals surface area contributed by atoms with Gasteiger partial charge in [-0.25, -0.2) is 19.1 Å². The number of aromatic nitrogens is 4. The number of methoxy groups -OCH3 is 1. The smallest absolute Gasteiger partial charge is 0.354 e. The van der Waals surface area contributed by atoms with Gasteiger partial charge in [0.15, 0.2) is 0 Å². The van der Waals surface area contributed by atoms with Gasteiger partial charge in [0, 0.05) is 17.1 Å². The van der Waals surface area contributed by atoms with Crippen molar-refractivity contribution in [3.05, 3.63) is 73.6 Å². The summed E-state index contributed by atoms with van der Waals surface area (Å²) in [6.45, 7) is 3.42. The fourth-order valence-corrected chi connectivity index (χ4v) is 3.90. The minimum Gasteiger partial charge on any atom is -0.474 e. The lowest BCUT2D eigenvalue weighted by atomic mass is 9.96. The van der Waals surface area contributed by atoms with Gasteiger partial charge in [0.2, 0.25) is 11.8 Å². The van der Waals surface area contributed by atoms with Gasteiger partial charge in [0.25, 0.3) is 0 Å².